The molecular formula is C15H19Cl2NS2. The molecule has 1 nitrogen and oxygen atoms in total. The average molecular weight is 348 g/mol. The summed E-state index contributed by atoms with van der Waals surface area (Å²) < 4.78 is 1.57. The lowest BCUT2D eigenvalue weighted by atomic mass is 9.76. The Bertz CT molecular complexity index is 571. The van der Waals surface area contributed by atoms with Gasteiger partial charge in [-0.1, -0.05) is 50.9 Å². The predicted octanol–water partition coefficient (Wildman–Crippen LogP) is 6.55. The van der Waals surface area contributed by atoms with Crippen molar-refractivity contribution in [3.05, 3.63) is 36.9 Å². The van der Waals surface area contributed by atoms with Crippen molar-refractivity contribution in [2.45, 2.75) is 51.4 Å². The molecule has 0 unspecified atom stereocenters. The van der Waals surface area contributed by atoms with Gasteiger partial charge in [-0.3, -0.25) is 0 Å². The van der Waals surface area contributed by atoms with Crippen molar-refractivity contribution in [1.29, 1.82) is 0 Å². The van der Waals surface area contributed by atoms with Gasteiger partial charge in [-0.2, -0.15) is 0 Å². The molecule has 0 aliphatic carbocycles. The van der Waals surface area contributed by atoms with Crippen molar-refractivity contribution in [1.82, 2.24) is 4.98 Å². The molecular weight excluding hydrogens is 329 g/mol. The van der Waals surface area contributed by atoms with Gasteiger partial charge in [-0.05, 0) is 29.9 Å². The molecule has 0 amide bonds. The van der Waals surface area contributed by atoms with Gasteiger partial charge in [0.2, 0.25) is 0 Å². The van der Waals surface area contributed by atoms with Crippen LogP contribution in [-0.4, -0.2) is 4.98 Å². The molecule has 20 heavy (non-hydrogen) atoms. The Labute approximate surface area is 139 Å². The molecule has 2 heterocycles. The predicted molar refractivity (Wildman–Crippen MR) is 91.7 cm³/mol. The summed E-state index contributed by atoms with van der Waals surface area (Å²) in [7, 11) is 0. The van der Waals surface area contributed by atoms with E-state index in [1.807, 2.05) is 17.6 Å². The lowest BCUT2D eigenvalue weighted by Gasteiger charge is -2.30. The molecule has 0 fully saturated rings. The van der Waals surface area contributed by atoms with Crippen LogP contribution in [0.1, 0.15) is 51.1 Å². The first-order valence-corrected chi connectivity index (χ1v) is 9.03. The van der Waals surface area contributed by atoms with E-state index in [1.54, 1.807) is 11.3 Å². The van der Waals surface area contributed by atoms with E-state index in [9.17, 15) is 0 Å². The van der Waals surface area contributed by atoms with Gasteiger partial charge in [0.25, 0.3) is 0 Å². The highest BCUT2D eigenvalue weighted by Gasteiger charge is 2.30. The van der Waals surface area contributed by atoms with Crippen LogP contribution in [0.3, 0.4) is 0 Å². The van der Waals surface area contributed by atoms with E-state index in [2.05, 4.69) is 32.7 Å². The lowest BCUT2D eigenvalue weighted by molar-refractivity contribution is 0.374. The fraction of sp³-hybridized carbons (Fsp3) is 0.533. The van der Waals surface area contributed by atoms with Crippen molar-refractivity contribution in [2.75, 3.05) is 0 Å². The first-order chi connectivity index (χ1) is 9.22. The third-order valence-electron chi connectivity index (χ3n) is 3.77. The maximum absolute atomic E-state index is 6.30. The fourth-order valence-electron chi connectivity index (χ4n) is 2.23. The monoisotopic (exact) mass is 347 g/mol. The summed E-state index contributed by atoms with van der Waals surface area (Å²) in [5.74, 6) is 0. The van der Waals surface area contributed by atoms with Gasteiger partial charge in [0.1, 0.15) is 0 Å². The van der Waals surface area contributed by atoms with E-state index in [-0.39, 0.29) is 10.8 Å². The van der Waals surface area contributed by atoms with E-state index < -0.39 is 0 Å². The van der Waals surface area contributed by atoms with E-state index in [1.165, 1.54) is 16.3 Å². The molecule has 0 saturated heterocycles. The van der Waals surface area contributed by atoms with Gasteiger partial charge in [0.05, 0.1) is 13.7 Å². The zero-order valence-corrected chi connectivity index (χ0v) is 15.3. The SMILES string of the molecule is CC(C)(CCC(C)(C)c1cc(Cl)sc1Cl)c1nccs1. The normalized spacial score (nSPS) is 12.9. The fourth-order valence-corrected chi connectivity index (χ4v) is 4.83. The molecule has 2 aromatic rings. The number of hydrogen-bond donors (Lipinski definition) is 0. The van der Waals surface area contributed by atoms with E-state index in [0.717, 1.165) is 27.1 Å². The van der Waals surface area contributed by atoms with Crippen LogP contribution in [0, 0.1) is 0 Å². The molecule has 0 spiro atoms. The van der Waals surface area contributed by atoms with Crippen LogP contribution >= 0.6 is 45.9 Å². The zero-order valence-electron chi connectivity index (χ0n) is 12.2. The molecule has 0 N–H and O–H groups in total. The third-order valence-corrected chi connectivity index (χ3v) is 6.40. The number of hydrogen-bond acceptors (Lipinski definition) is 3. The van der Waals surface area contributed by atoms with Gasteiger partial charge >= 0.3 is 0 Å². The van der Waals surface area contributed by atoms with Crippen LogP contribution in [0.4, 0.5) is 0 Å². The highest BCUT2D eigenvalue weighted by molar-refractivity contribution is 7.20. The first-order valence-electron chi connectivity index (χ1n) is 6.58. The van der Waals surface area contributed by atoms with E-state index in [4.69, 9.17) is 23.2 Å². The van der Waals surface area contributed by atoms with Crippen molar-refractivity contribution in [3.63, 3.8) is 0 Å². The number of thiophene rings is 1. The first kappa shape index (κ1) is 16.3. The maximum Gasteiger partial charge on any atom is 0.0981 e. The minimum absolute atomic E-state index is 0.0231. The molecule has 0 atom stereocenters. The highest BCUT2D eigenvalue weighted by atomic mass is 35.5. The number of rotatable bonds is 5. The molecule has 0 saturated carbocycles. The van der Waals surface area contributed by atoms with Crippen molar-refractivity contribution in [3.8, 4) is 0 Å². The molecule has 5 heteroatoms. The maximum atomic E-state index is 6.30. The third kappa shape index (κ3) is 3.56. The molecule has 0 radical (unpaired) electrons. The molecule has 110 valence electrons. The topological polar surface area (TPSA) is 12.9 Å². The summed E-state index contributed by atoms with van der Waals surface area (Å²) in [6.45, 7) is 8.97. The second-order valence-corrected chi connectivity index (χ2v) is 9.52. The van der Waals surface area contributed by atoms with Crippen molar-refractivity contribution >= 4 is 45.9 Å². The molecule has 2 rings (SSSR count). The van der Waals surface area contributed by atoms with Crippen molar-refractivity contribution in [2.24, 2.45) is 0 Å². The summed E-state index contributed by atoms with van der Waals surface area (Å²) in [6, 6.07) is 2.00. The minimum Gasteiger partial charge on any atom is -0.249 e. The second kappa shape index (κ2) is 5.96. The smallest absolute Gasteiger partial charge is 0.0981 e. The molecule has 0 aliphatic rings. The number of aromatic nitrogens is 1. The number of nitrogens with zero attached hydrogens (tertiary/aromatic N) is 1. The largest absolute Gasteiger partial charge is 0.249 e. The van der Waals surface area contributed by atoms with Crippen LogP contribution < -0.4 is 0 Å². The van der Waals surface area contributed by atoms with Crippen LogP contribution in [-0.2, 0) is 10.8 Å². The Hall–Kier alpha value is -0.0900. The van der Waals surface area contributed by atoms with Gasteiger partial charge in [0, 0.05) is 17.0 Å². The van der Waals surface area contributed by atoms with E-state index in [0.29, 0.717) is 0 Å². The van der Waals surface area contributed by atoms with Crippen LogP contribution in [0.15, 0.2) is 17.6 Å². The highest BCUT2D eigenvalue weighted by Crippen LogP contribution is 2.43. The Morgan fingerprint density at radius 2 is 1.75 bits per heavy atom. The Kier molecular flexibility index (Phi) is 4.85. The number of thiazole rings is 1. The minimum atomic E-state index is 0.0231. The standard InChI is InChI=1S/C15H19Cl2NS2/c1-14(2,10-9-11(16)20-12(10)17)5-6-15(3,4)13-18-7-8-19-13/h7-9H,5-6H2,1-4H3. The summed E-state index contributed by atoms with van der Waals surface area (Å²) in [4.78, 5) is 4.46. The summed E-state index contributed by atoms with van der Waals surface area (Å²) in [5.41, 5.74) is 1.27. The van der Waals surface area contributed by atoms with Gasteiger partial charge in [-0.15, -0.1) is 22.7 Å². The Morgan fingerprint density at radius 3 is 2.25 bits per heavy atom. The average Bonchev–Trinajstić information content (AvgIpc) is 2.97. The summed E-state index contributed by atoms with van der Waals surface area (Å²) >= 11 is 15.5. The van der Waals surface area contributed by atoms with Crippen molar-refractivity contribution < 1.29 is 0 Å². The molecule has 0 aromatic carbocycles. The molecule has 0 bridgehead atoms. The lowest BCUT2D eigenvalue weighted by Crippen LogP contribution is -2.24. The van der Waals surface area contributed by atoms with Crippen LogP contribution in [0.2, 0.25) is 8.67 Å². The Balaban J connectivity index is 2.11. The van der Waals surface area contributed by atoms with Crippen LogP contribution in [0.25, 0.3) is 0 Å². The summed E-state index contributed by atoms with van der Waals surface area (Å²) in [6.07, 6.45) is 3.99. The second-order valence-electron chi connectivity index (χ2n) is 6.34. The van der Waals surface area contributed by atoms with Gasteiger partial charge < -0.3 is 0 Å². The molecule has 0 aliphatic heterocycles. The number of halogens is 2. The quantitative estimate of drug-likeness (QED) is 0.597. The Morgan fingerprint density at radius 1 is 1.10 bits per heavy atom. The molecule has 2 aromatic heterocycles. The van der Waals surface area contributed by atoms with E-state index >= 15 is 0 Å². The van der Waals surface area contributed by atoms with Gasteiger partial charge in [0.15, 0.2) is 0 Å². The zero-order chi connectivity index (χ0) is 15.0. The van der Waals surface area contributed by atoms with Crippen LogP contribution in [0.5, 0.6) is 0 Å². The summed E-state index contributed by atoms with van der Waals surface area (Å²) in [5, 5.41) is 3.24. The van der Waals surface area contributed by atoms with Gasteiger partial charge in [-0.25, -0.2) is 4.98 Å².